The average Bonchev–Trinajstić information content (AvgIpc) is 3.13. The molecule has 1 saturated heterocycles. The summed E-state index contributed by atoms with van der Waals surface area (Å²) in [6, 6.07) is 8.89. The maximum absolute atomic E-state index is 12.8. The van der Waals surface area contributed by atoms with E-state index in [0.29, 0.717) is 12.2 Å². The number of para-hydroxylation sites is 1. The number of hydrogen-bond acceptors (Lipinski definition) is 6. The summed E-state index contributed by atoms with van der Waals surface area (Å²) in [5, 5.41) is 10.6. The zero-order valence-corrected chi connectivity index (χ0v) is 14.4. The smallest absolute Gasteiger partial charge is 0.309 e. The molecule has 1 N–H and O–H groups in total. The summed E-state index contributed by atoms with van der Waals surface area (Å²) < 4.78 is 0. The zero-order valence-electron chi connectivity index (χ0n) is 13.6. The van der Waals surface area contributed by atoms with Crippen LogP contribution in [0.4, 0.5) is 10.8 Å². The number of carboxylic acid groups (broad SMARTS) is 1. The third kappa shape index (κ3) is 3.39. The Bertz CT molecular complexity index is 805. The minimum absolute atomic E-state index is 0.0788. The van der Waals surface area contributed by atoms with Crippen molar-refractivity contribution in [3.8, 4) is 0 Å². The van der Waals surface area contributed by atoms with Gasteiger partial charge < -0.3 is 10.0 Å². The van der Waals surface area contributed by atoms with Gasteiger partial charge in [0.05, 0.1) is 18.5 Å². The fourth-order valence-corrected chi connectivity index (χ4v) is 3.74. The Morgan fingerprint density at radius 1 is 1.36 bits per heavy atom. The minimum Gasteiger partial charge on any atom is -0.481 e. The van der Waals surface area contributed by atoms with Gasteiger partial charge in [0.25, 0.3) is 5.91 Å². The second-order valence-electron chi connectivity index (χ2n) is 5.60. The van der Waals surface area contributed by atoms with Gasteiger partial charge in [-0.25, -0.2) is 9.88 Å². The number of carbonyl (C=O) groups is 3. The summed E-state index contributed by atoms with van der Waals surface area (Å²) in [5.74, 6) is -1.65. The third-order valence-corrected chi connectivity index (χ3v) is 4.87. The van der Waals surface area contributed by atoms with Crippen molar-refractivity contribution >= 4 is 39.9 Å². The lowest BCUT2D eigenvalue weighted by Gasteiger charge is -2.28. The van der Waals surface area contributed by atoms with Gasteiger partial charge in [-0.2, -0.15) is 0 Å². The predicted molar refractivity (Wildman–Crippen MR) is 93.8 cm³/mol. The highest BCUT2D eigenvalue weighted by molar-refractivity contribution is 7.14. The Morgan fingerprint density at radius 2 is 2.08 bits per heavy atom. The van der Waals surface area contributed by atoms with Crippen molar-refractivity contribution in [2.75, 3.05) is 16.3 Å². The maximum atomic E-state index is 12.8. The molecule has 1 aliphatic rings. The molecule has 1 fully saturated rings. The summed E-state index contributed by atoms with van der Waals surface area (Å²) >= 11 is 1.10. The molecule has 2 amide bonds. The van der Waals surface area contributed by atoms with E-state index < -0.39 is 12.0 Å². The quantitative estimate of drug-likeness (QED) is 0.793. The van der Waals surface area contributed by atoms with Crippen LogP contribution in [0.15, 0.2) is 35.7 Å². The van der Waals surface area contributed by atoms with Crippen molar-refractivity contribution in [2.45, 2.75) is 25.8 Å². The summed E-state index contributed by atoms with van der Waals surface area (Å²) in [7, 11) is 0. The number of amides is 2. The molecule has 2 aromatic rings. The van der Waals surface area contributed by atoms with E-state index in [2.05, 4.69) is 4.98 Å². The number of benzene rings is 1. The fraction of sp³-hybridized carbons (Fsp3) is 0.294. The van der Waals surface area contributed by atoms with Gasteiger partial charge >= 0.3 is 5.97 Å². The molecule has 0 radical (unpaired) electrons. The van der Waals surface area contributed by atoms with Crippen LogP contribution < -0.4 is 9.80 Å². The van der Waals surface area contributed by atoms with Crippen molar-refractivity contribution in [1.29, 1.82) is 0 Å². The number of thiazole rings is 1. The van der Waals surface area contributed by atoms with Gasteiger partial charge in [0, 0.05) is 17.6 Å². The highest BCUT2D eigenvalue weighted by atomic mass is 32.1. The number of imide groups is 1. The molecular weight excluding hydrogens is 342 g/mol. The summed E-state index contributed by atoms with van der Waals surface area (Å²) in [6.07, 6.45) is -0.156. The number of carbonyl (C=O) groups excluding carboxylic acids is 2. The summed E-state index contributed by atoms with van der Waals surface area (Å²) in [4.78, 5) is 43.1. The van der Waals surface area contributed by atoms with Crippen molar-refractivity contribution in [3.05, 3.63) is 41.4 Å². The van der Waals surface area contributed by atoms with Crippen LogP contribution >= 0.6 is 11.3 Å². The molecule has 8 heteroatoms. The topological polar surface area (TPSA) is 90.8 Å². The highest BCUT2D eigenvalue weighted by Crippen LogP contribution is 2.30. The highest BCUT2D eigenvalue weighted by Gasteiger charge is 2.43. The molecule has 25 heavy (non-hydrogen) atoms. The Balaban J connectivity index is 1.84. The molecule has 2 heterocycles. The van der Waals surface area contributed by atoms with Crippen LogP contribution in [0, 0.1) is 0 Å². The standard InChI is InChI=1S/C17H17N3O4S/c1-2-19(12-6-4-3-5-7-12)13-9-14(21)20(16(13)24)17-18-11(10-25-17)8-15(22)23/h3-7,10,13H,2,8-9H2,1H3,(H,22,23). The molecule has 1 aromatic carbocycles. The van der Waals surface area contributed by atoms with E-state index in [-0.39, 0.29) is 29.8 Å². The first-order chi connectivity index (χ1) is 12.0. The summed E-state index contributed by atoms with van der Waals surface area (Å²) in [5.41, 5.74) is 1.22. The molecule has 1 atom stereocenters. The molecule has 130 valence electrons. The van der Waals surface area contributed by atoms with E-state index in [1.54, 1.807) is 5.38 Å². The molecule has 0 spiro atoms. The van der Waals surface area contributed by atoms with Crippen molar-refractivity contribution in [2.24, 2.45) is 0 Å². The molecule has 1 aromatic heterocycles. The van der Waals surface area contributed by atoms with E-state index >= 15 is 0 Å². The lowest BCUT2D eigenvalue weighted by molar-refractivity contribution is -0.136. The number of aromatic nitrogens is 1. The SMILES string of the molecule is CCN(c1ccccc1)C1CC(=O)N(c2nc(CC(=O)O)cs2)C1=O. The van der Waals surface area contributed by atoms with E-state index in [0.717, 1.165) is 21.9 Å². The fourth-order valence-electron chi connectivity index (χ4n) is 2.90. The van der Waals surface area contributed by atoms with Gasteiger partial charge in [-0.1, -0.05) is 18.2 Å². The van der Waals surface area contributed by atoms with Crippen molar-refractivity contribution < 1.29 is 19.5 Å². The third-order valence-electron chi connectivity index (χ3n) is 3.99. The van der Waals surface area contributed by atoms with E-state index in [9.17, 15) is 14.4 Å². The number of nitrogens with zero attached hydrogens (tertiary/aromatic N) is 3. The second-order valence-corrected chi connectivity index (χ2v) is 6.44. The second kappa shape index (κ2) is 7.02. The number of aliphatic carboxylic acids is 1. The Morgan fingerprint density at radius 3 is 2.72 bits per heavy atom. The molecule has 0 aliphatic carbocycles. The van der Waals surface area contributed by atoms with Gasteiger partial charge in [0.2, 0.25) is 5.91 Å². The van der Waals surface area contributed by atoms with Gasteiger partial charge in [-0.05, 0) is 19.1 Å². The molecule has 0 saturated carbocycles. The average molecular weight is 359 g/mol. The first-order valence-corrected chi connectivity index (χ1v) is 8.74. The van der Waals surface area contributed by atoms with Gasteiger partial charge in [-0.15, -0.1) is 11.3 Å². The number of rotatable bonds is 6. The van der Waals surface area contributed by atoms with Crippen LogP contribution in [0.2, 0.25) is 0 Å². The Hall–Kier alpha value is -2.74. The number of anilines is 2. The Kier molecular flexibility index (Phi) is 4.80. The monoisotopic (exact) mass is 359 g/mol. The van der Waals surface area contributed by atoms with Crippen molar-refractivity contribution in [1.82, 2.24) is 4.98 Å². The van der Waals surface area contributed by atoms with Gasteiger partial charge in [-0.3, -0.25) is 14.4 Å². The first-order valence-electron chi connectivity index (χ1n) is 7.86. The van der Waals surface area contributed by atoms with Crippen LogP contribution in [0.25, 0.3) is 0 Å². The lowest BCUT2D eigenvalue weighted by Crippen LogP contribution is -2.42. The molecular formula is C17H17N3O4S. The van der Waals surface area contributed by atoms with Gasteiger partial charge in [0.1, 0.15) is 6.04 Å². The normalized spacial score (nSPS) is 17.2. The maximum Gasteiger partial charge on any atom is 0.309 e. The molecule has 0 bridgehead atoms. The first kappa shape index (κ1) is 17.1. The van der Waals surface area contributed by atoms with Crippen LogP contribution in [0.3, 0.4) is 0 Å². The number of hydrogen-bond donors (Lipinski definition) is 1. The number of likely N-dealkylation sites (N-methyl/N-ethyl adjacent to an activating group) is 1. The van der Waals surface area contributed by atoms with E-state index in [1.165, 1.54) is 0 Å². The van der Waals surface area contributed by atoms with E-state index in [1.807, 2.05) is 42.2 Å². The minimum atomic E-state index is -1.00. The zero-order chi connectivity index (χ0) is 18.0. The van der Waals surface area contributed by atoms with Crippen LogP contribution in [0.1, 0.15) is 19.0 Å². The lowest BCUT2D eigenvalue weighted by atomic mass is 10.1. The molecule has 3 rings (SSSR count). The van der Waals surface area contributed by atoms with Crippen LogP contribution in [-0.2, 0) is 20.8 Å². The van der Waals surface area contributed by atoms with Crippen molar-refractivity contribution in [3.63, 3.8) is 0 Å². The van der Waals surface area contributed by atoms with E-state index in [4.69, 9.17) is 5.11 Å². The summed E-state index contributed by atoms with van der Waals surface area (Å²) in [6.45, 7) is 2.52. The van der Waals surface area contributed by atoms with Crippen LogP contribution in [-0.4, -0.2) is 40.5 Å². The number of carboxylic acids is 1. The van der Waals surface area contributed by atoms with Gasteiger partial charge in [0.15, 0.2) is 5.13 Å². The predicted octanol–water partition coefficient (Wildman–Crippen LogP) is 1.93. The van der Waals surface area contributed by atoms with Crippen LogP contribution in [0.5, 0.6) is 0 Å². The largest absolute Gasteiger partial charge is 0.481 e. The molecule has 7 nitrogen and oxygen atoms in total. The molecule has 1 aliphatic heterocycles. The molecule has 1 unspecified atom stereocenters. The Labute approximate surface area is 148 Å².